The molecule has 0 radical (unpaired) electrons. The number of fused-ring (bicyclic) bond motifs is 4. The number of pyridine rings is 1. The Bertz CT molecular complexity index is 1400. The molecule has 1 N–H and O–H groups in total. The van der Waals surface area contributed by atoms with Gasteiger partial charge in [-0.15, -0.1) is 0 Å². The van der Waals surface area contributed by atoms with Crippen molar-refractivity contribution >= 4 is 38.3 Å². The third-order valence-electron chi connectivity index (χ3n) is 5.35. The molecule has 134 valence electrons. The second-order valence-electron chi connectivity index (χ2n) is 7.00. The van der Waals surface area contributed by atoms with E-state index in [1.54, 1.807) is 6.26 Å². The van der Waals surface area contributed by atoms with Crippen LogP contribution in [0.5, 0.6) is 0 Å². The van der Waals surface area contributed by atoms with Crippen molar-refractivity contribution in [2.45, 2.75) is 0 Å². The molecular weight excluding hydrogens is 346 g/mol. The number of nitrogens with zero attached hydrogens (tertiary/aromatic N) is 2. The first-order valence-electron chi connectivity index (χ1n) is 9.36. The van der Waals surface area contributed by atoms with Crippen LogP contribution in [0.2, 0.25) is 0 Å². The van der Waals surface area contributed by atoms with Crippen LogP contribution in [0.4, 0.5) is 0 Å². The van der Waals surface area contributed by atoms with E-state index in [9.17, 15) is 0 Å². The molecule has 0 amide bonds. The Morgan fingerprint density at radius 2 is 1.93 bits per heavy atom. The lowest BCUT2D eigenvalue weighted by molar-refractivity contribution is 0.616. The fourth-order valence-corrected chi connectivity index (χ4v) is 4.01. The van der Waals surface area contributed by atoms with Crippen LogP contribution in [0.25, 0.3) is 44.2 Å². The van der Waals surface area contributed by atoms with Gasteiger partial charge < -0.3 is 9.73 Å². The van der Waals surface area contributed by atoms with Crippen LogP contribution in [0.3, 0.4) is 0 Å². The summed E-state index contributed by atoms with van der Waals surface area (Å²) in [7, 11) is 0. The molecule has 4 heterocycles. The summed E-state index contributed by atoms with van der Waals surface area (Å²) in [6.07, 6.45) is 9.95. The number of hydrogen-bond acceptors (Lipinski definition) is 3. The van der Waals surface area contributed by atoms with E-state index in [4.69, 9.17) is 9.40 Å². The zero-order valence-corrected chi connectivity index (χ0v) is 15.1. The normalized spacial score (nSPS) is 13.9. The van der Waals surface area contributed by atoms with Crippen molar-refractivity contribution in [1.82, 2.24) is 14.9 Å². The second kappa shape index (κ2) is 5.86. The topological polar surface area (TPSA) is 43.0 Å². The van der Waals surface area contributed by atoms with E-state index in [0.717, 1.165) is 45.5 Å². The number of dihydropyridines is 1. The first-order chi connectivity index (χ1) is 13.9. The Labute approximate surface area is 161 Å². The van der Waals surface area contributed by atoms with Crippen molar-refractivity contribution < 1.29 is 4.42 Å². The Morgan fingerprint density at radius 1 is 0.964 bits per heavy atom. The number of benzene rings is 2. The predicted octanol–water partition coefficient (Wildman–Crippen LogP) is 5.43. The molecule has 1 aliphatic heterocycles. The van der Waals surface area contributed by atoms with Crippen LogP contribution in [0.15, 0.2) is 89.8 Å². The van der Waals surface area contributed by atoms with Gasteiger partial charge in [0.05, 0.1) is 17.3 Å². The Hall–Kier alpha value is -3.79. The fraction of sp³-hybridized carbons (Fsp3) is 0.0417. The third-order valence-corrected chi connectivity index (χ3v) is 5.35. The monoisotopic (exact) mass is 363 g/mol. The molecule has 0 aliphatic carbocycles. The SMILES string of the molecule is C1=CC(c2ccc(-n3c4ccccc4c4cc5ccoc5cc43)nc2)=CNC1. The van der Waals surface area contributed by atoms with Crippen molar-refractivity contribution in [2.24, 2.45) is 0 Å². The Morgan fingerprint density at radius 3 is 2.79 bits per heavy atom. The average molecular weight is 363 g/mol. The highest BCUT2D eigenvalue weighted by Crippen LogP contribution is 2.34. The van der Waals surface area contributed by atoms with E-state index in [-0.39, 0.29) is 0 Å². The van der Waals surface area contributed by atoms with Crippen molar-refractivity contribution in [3.05, 3.63) is 91.0 Å². The molecule has 0 spiro atoms. The summed E-state index contributed by atoms with van der Waals surface area (Å²) in [5.41, 5.74) is 5.37. The van der Waals surface area contributed by atoms with Gasteiger partial charge in [-0.25, -0.2) is 4.98 Å². The minimum atomic E-state index is 0.873. The minimum Gasteiger partial charge on any atom is -0.464 e. The molecular formula is C24H17N3O. The molecule has 0 saturated carbocycles. The fourth-order valence-electron chi connectivity index (χ4n) is 4.01. The van der Waals surface area contributed by atoms with E-state index >= 15 is 0 Å². The van der Waals surface area contributed by atoms with E-state index in [0.29, 0.717) is 0 Å². The van der Waals surface area contributed by atoms with Gasteiger partial charge in [-0.1, -0.05) is 30.4 Å². The molecule has 1 aliphatic rings. The molecule has 3 aromatic heterocycles. The van der Waals surface area contributed by atoms with Crippen molar-refractivity contribution in [3.63, 3.8) is 0 Å². The summed E-state index contributed by atoms with van der Waals surface area (Å²) >= 11 is 0. The molecule has 5 aromatic rings. The zero-order valence-electron chi connectivity index (χ0n) is 15.1. The minimum absolute atomic E-state index is 0.873. The highest BCUT2D eigenvalue weighted by Gasteiger charge is 2.14. The van der Waals surface area contributed by atoms with Crippen LogP contribution in [0, 0.1) is 0 Å². The van der Waals surface area contributed by atoms with Gasteiger partial charge in [0, 0.05) is 46.7 Å². The molecule has 2 aromatic carbocycles. The number of nitrogens with one attached hydrogen (secondary N) is 1. The summed E-state index contributed by atoms with van der Waals surface area (Å²) < 4.78 is 7.86. The first-order valence-corrected chi connectivity index (χ1v) is 9.36. The quantitative estimate of drug-likeness (QED) is 0.455. The van der Waals surface area contributed by atoms with Crippen molar-refractivity contribution in [2.75, 3.05) is 6.54 Å². The third kappa shape index (κ3) is 2.21. The van der Waals surface area contributed by atoms with Gasteiger partial charge >= 0.3 is 0 Å². The van der Waals surface area contributed by atoms with E-state index in [1.807, 2.05) is 18.5 Å². The molecule has 0 unspecified atom stereocenters. The van der Waals surface area contributed by atoms with Gasteiger partial charge in [0.1, 0.15) is 11.4 Å². The summed E-state index contributed by atoms with van der Waals surface area (Å²) in [5.74, 6) is 0.897. The van der Waals surface area contributed by atoms with E-state index in [1.165, 1.54) is 10.8 Å². The van der Waals surface area contributed by atoms with E-state index in [2.05, 4.69) is 70.6 Å². The van der Waals surface area contributed by atoms with Gasteiger partial charge in [-0.2, -0.15) is 0 Å². The van der Waals surface area contributed by atoms with Crippen LogP contribution in [0.1, 0.15) is 5.56 Å². The van der Waals surface area contributed by atoms with Gasteiger partial charge in [0.15, 0.2) is 0 Å². The molecule has 0 fully saturated rings. The van der Waals surface area contributed by atoms with Gasteiger partial charge in [-0.3, -0.25) is 4.57 Å². The lowest BCUT2D eigenvalue weighted by Gasteiger charge is -2.10. The number of rotatable bonds is 2. The summed E-state index contributed by atoms with van der Waals surface area (Å²) in [6, 6.07) is 19.0. The number of para-hydroxylation sites is 1. The van der Waals surface area contributed by atoms with Crippen LogP contribution in [-0.4, -0.2) is 16.1 Å². The largest absolute Gasteiger partial charge is 0.464 e. The highest BCUT2D eigenvalue weighted by molar-refractivity contribution is 6.12. The van der Waals surface area contributed by atoms with Gasteiger partial charge in [0.25, 0.3) is 0 Å². The van der Waals surface area contributed by atoms with Crippen LogP contribution >= 0.6 is 0 Å². The lowest BCUT2D eigenvalue weighted by atomic mass is 10.1. The number of hydrogen-bond donors (Lipinski definition) is 1. The summed E-state index contributed by atoms with van der Waals surface area (Å²) in [6.45, 7) is 0.873. The maximum Gasteiger partial charge on any atom is 0.137 e. The standard InChI is InChI=1S/C24H17N3O/c1-2-6-21-19(5-1)20-12-16-9-11-28-23(16)13-22(20)27(21)24-8-7-18(15-26-24)17-4-3-10-25-14-17/h1-9,11-15,25H,10H2. The van der Waals surface area contributed by atoms with Crippen molar-refractivity contribution in [1.29, 1.82) is 0 Å². The highest BCUT2D eigenvalue weighted by atomic mass is 16.3. The maximum absolute atomic E-state index is 5.66. The van der Waals surface area contributed by atoms with Crippen LogP contribution in [-0.2, 0) is 0 Å². The molecule has 28 heavy (non-hydrogen) atoms. The van der Waals surface area contributed by atoms with Gasteiger partial charge in [-0.05, 0) is 35.9 Å². The summed E-state index contributed by atoms with van der Waals surface area (Å²) in [5, 5.41) is 6.78. The molecule has 6 rings (SSSR count). The average Bonchev–Trinajstić information content (AvgIpc) is 3.35. The van der Waals surface area contributed by atoms with Crippen LogP contribution < -0.4 is 5.32 Å². The van der Waals surface area contributed by atoms with E-state index < -0.39 is 0 Å². The molecule has 4 nitrogen and oxygen atoms in total. The maximum atomic E-state index is 5.66. The molecule has 0 atom stereocenters. The lowest BCUT2D eigenvalue weighted by Crippen LogP contribution is -2.08. The number of furan rings is 1. The molecule has 0 bridgehead atoms. The van der Waals surface area contributed by atoms with Gasteiger partial charge in [0.2, 0.25) is 0 Å². The Kier molecular flexibility index (Phi) is 3.20. The van der Waals surface area contributed by atoms with Crippen molar-refractivity contribution in [3.8, 4) is 5.82 Å². The smallest absolute Gasteiger partial charge is 0.137 e. The number of allylic oxidation sites excluding steroid dienone is 2. The molecule has 4 heteroatoms. The summed E-state index contributed by atoms with van der Waals surface area (Å²) in [4.78, 5) is 4.79. The Balaban J connectivity index is 1.60. The zero-order chi connectivity index (χ0) is 18.5. The molecule has 0 saturated heterocycles. The second-order valence-corrected chi connectivity index (χ2v) is 7.00. The predicted molar refractivity (Wildman–Crippen MR) is 113 cm³/mol. The first kappa shape index (κ1) is 15.3. The number of aromatic nitrogens is 2.